The molecule has 0 amide bonds. The van der Waals surface area contributed by atoms with E-state index in [2.05, 4.69) is 4.98 Å². The third-order valence-corrected chi connectivity index (χ3v) is 3.16. The van der Waals surface area contributed by atoms with E-state index in [4.69, 9.17) is 5.11 Å². The first-order valence-electron chi connectivity index (χ1n) is 4.33. The summed E-state index contributed by atoms with van der Waals surface area (Å²) in [6.07, 6.45) is 0.891. The molecule has 1 aromatic carbocycles. The molecule has 14 heavy (non-hydrogen) atoms. The molecule has 0 spiro atoms. The van der Waals surface area contributed by atoms with Crippen LogP contribution in [0.25, 0.3) is 10.2 Å². The minimum Gasteiger partial charge on any atom is -0.478 e. The molecule has 0 saturated heterocycles. The van der Waals surface area contributed by atoms with E-state index in [1.807, 2.05) is 13.0 Å². The Hall–Kier alpha value is -1.42. The van der Waals surface area contributed by atoms with Crippen molar-refractivity contribution in [3.8, 4) is 0 Å². The van der Waals surface area contributed by atoms with Crippen molar-refractivity contribution in [1.29, 1.82) is 0 Å². The fourth-order valence-corrected chi connectivity index (χ4v) is 2.15. The van der Waals surface area contributed by atoms with E-state index in [-0.39, 0.29) is 0 Å². The van der Waals surface area contributed by atoms with Crippen molar-refractivity contribution in [2.75, 3.05) is 0 Å². The van der Waals surface area contributed by atoms with Gasteiger partial charge in [0, 0.05) is 0 Å². The van der Waals surface area contributed by atoms with Crippen LogP contribution in [0, 0.1) is 0 Å². The first-order chi connectivity index (χ1) is 6.70. The Morgan fingerprint density at radius 2 is 2.36 bits per heavy atom. The number of carbonyl (C=O) groups is 1. The molecule has 0 unspecified atom stereocenters. The Labute approximate surface area is 85.0 Å². The lowest BCUT2D eigenvalue weighted by atomic mass is 10.2. The van der Waals surface area contributed by atoms with Crippen LogP contribution in [0.4, 0.5) is 0 Å². The molecule has 0 saturated carbocycles. The molecule has 0 radical (unpaired) electrons. The normalized spacial score (nSPS) is 10.6. The number of carboxylic acids is 1. The average Bonchev–Trinajstić information content (AvgIpc) is 2.58. The largest absolute Gasteiger partial charge is 0.478 e. The summed E-state index contributed by atoms with van der Waals surface area (Å²) < 4.78 is 1.05. The summed E-state index contributed by atoms with van der Waals surface area (Å²) in [7, 11) is 0. The number of rotatable bonds is 2. The van der Waals surface area contributed by atoms with Crippen LogP contribution >= 0.6 is 11.3 Å². The van der Waals surface area contributed by atoms with Gasteiger partial charge in [0.15, 0.2) is 0 Å². The Bertz CT molecular complexity index is 490. The van der Waals surface area contributed by atoms with E-state index < -0.39 is 5.97 Å². The Kier molecular flexibility index (Phi) is 2.21. The fourth-order valence-electron chi connectivity index (χ4n) is 1.26. The molecule has 2 rings (SSSR count). The Morgan fingerprint density at radius 3 is 3.00 bits per heavy atom. The smallest absolute Gasteiger partial charge is 0.335 e. The van der Waals surface area contributed by atoms with E-state index in [0.717, 1.165) is 21.6 Å². The molecule has 1 heterocycles. The topological polar surface area (TPSA) is 50.2 Å². The molecule has 0 aliphatic carbocycles. The molecule has 1 aromatic heterocycles. The quantitative estimate of drug-likeness (QED) is 0.823. The highest BCUT2D eigenvalue weighted by atomic mass is 32.1. The Morgan fingerprint density at radius 1 is 1.57 bits per heavy atom. The molecule has 0 atom stereocenters. The molecule has 0 bridgehead atoms. The lowest BCUT2D eigenvalue weighted by Crippen LogP contribution is -1.94. The van der Waals surface area contributed by atoms with E-state index in [1.165, 1.54) is 0 Å². The number of carboxylic acid groups (broad SMARTS) is 1. The highest BCUT2D eigenvalue weighted by molar-refractivity contribution is 7.18. The maximum Gasteiger partial charge on any atom is 0.335 e. The predicted octanol–water partition coefficient (Wildman–Crippen LogP) is 2.56. The van der Waals surface area contributed by atoms with Gasteiger partial charge in [-0.15, -0.1) is 11.3 Å². The van der Waals surface area contributed by atoms with Gasteiger partial charge in [0.05, 0.1) is 20.8 Å². The lowest BCUT2D eigenvalue weighted by Gasteiger charge is -1.91. The van der Waals surface area contributed by atoms with Crippen molar-refractivity contribution < 1.29 is 9.90 Å². The number of nitrogens with zero attached hydrogens (tertiary/aromatic N) is 1. The van der Waals surface area contributed by atoms with Crippen molar-refractivity contribution >= 4 is 27.5 Å². The highest BCUT2D eigenvalue weighted by Crippen LogP contribution is 2.23. The van der Waals surface area contributed by atoms with Crippen molar-refractivity contribution in [3.63, 3.8) is 0 Å². The molecule has 2 aromatic rings. The number of hydrogen-bond donors (Lipinski definition) is 1. The summed E-state index contributed by atoms with van der Waals surface area (Å²) in [6, 6.07) is 5.05. The second-order valence-corrected chi connectivity index (χ2v) is 4.06. The maximum atomic E-state index is 10.7. The minimum atomic E-state index is -0.905. The molecule has 1 N–H and O–H groups in total. The first-order valence-corrected chi connectivity index (χ1v) is 5.15. The number of fused-ring (bicyclic) bond motifs is 1. The van der Waals surface area contributed by atoms with Crippen molar-refractivity contribution in [2.45, 2.75) is 13.3 Å². The highest BCUT2D eigenvalue weighted by Gasteiger charge is 2.06. The van der Waals surface area contributed by atoms with Crippen molar-refractivity contribution in [3.05, 3.63) is 28.8 Å². The van der Waals surface area contributed by atoms with Crippen molar-refractivity contribution in [1.82, 2.24) is 4.98 Å². The summed E-state index contributed by atoms with van der Waals surface area (Å²) >= 11 is 1.61. The second kappa shape index (κ2) is 3.38. The van der Waals surface area contributed by atoms with Crippen LogP contribution in [-0.2, 0) is 6.42 Å². The molecular formula is C10H9NO2S. The van der Waals surface area contributed by atoms with Gasteiger partial charge in [-0.2, -0.15) is 0 Å². The van der Waals surface area contributed by atoms with Crippen LogP contribution in [0.1, 0.15) is 22.3 Å². The van der Waals surface area contributed by atoms with Gasteiger partial charge in [0.25, 0.3) is 0 Å². The third-order valence-electron chi connectivity index (χ3n) is 1.98. The lowest BCUT2D eigenvalue weighted by molar-refractivity contribution is 0.0697. The summed E-state index contributed by atoms with van der Waals surface area (Å²) in [6.45, 7) is 2.04. The van der Waals surface area contributed by atoms with Crippen LogP contribution in [0.2, 0.25) is 0 Å². The van der Waals surface area contributed by atoms with E-state index in [9.17, 15) is 4.79 Å². The number of hydrogen-bond acceptors (Lipinski definition) is 3. The SMILES string of the molecule is CCc1nc2cc(C(=O)O)ccc2s1. The first kappa shape index (κ1) is 9.15. The van der Waals surface area contributed by atoms with Crippen LogP contribution in [0.5, 0.6) is 0 Å². The van der Waals surface area contributed by atoms with E-state index in [1.54, 1.807) is 23.5 Å². The van der Waals surface area contributed by atoms with Gasteiger partial charge in [-0.1, -0.05) is 6.92 Å². The standard InChI is InChI=1S/C10H9NO2S/c1-2-9-11-7-5-6(10(12)13)3-4-8(7)14-9/h3-5H,2H2,1H3,(H,12,13). The predicted molar refractivity (Wildman–Crippen MR) is 56.0 cm³/mol. The van der Waals surface area contributed by atoms with Crippen LogP contribution < -0.4 is 0 Å². The van der Waals surface area contributed by atoms with Crippen LogP contribution in [-0.4, -0.2) is 16.1 Å². The molecule has 0 aliphatic heterocycles. The van der Waals surface area contributed by atoms with Gasteiger partial charge in [0.2, 0.25) is 0 Å². The number of aromatic carboxylic acids is 1. The van der Waals surface area contributed by atoms with Gasteiger partial charge < -0.3 is 5.11 Å². The molecule has 4 heteroatoms. The molecule has 0 fully saturated rings. The average molecular weight is 207 g/mol. The summed E-state index contributed by atoms with van der Waals surface area (Å²) in [5.41, 5.74) is 1.08. The van der Waals surface area contributed by atoms with Gasteiger partial charge in [0.1, 0.15) is 0 Å². The summed E-state index contributed by atoms with van der Waals surface area (Å²) in [5, 5.41) is 9.83. The van der Waals surface area contributed by atoms with Crippen LogP contribution in [0.3, 0.4) is 0 Å². The van der Waals surface area contributed by atoms with Gasteiger partial charge in [-0.3, -0.25) is 0 Å². The summed E-state index contributed by atoms with van der Waals surface area (Å²) in [5.74, 6) is -0.905. The van der Waals surface area contributed by atoms with Gasteiger partial charge in [-0.25, -0.2) is 9.78 Å². The molecule has 0 aliphatic rings. The number of thiazole rings is 1. The van der Waals surface area contributed by atoms with Gasteiger partial charge in [-0.05, 0) is 24.6 Å². The molecule has 72 valence electrons. The second-order valence-electron chi connectivity index (χ2n) is 2.95. The fraction of sp³-hybridized carbons (Fsp3) is 0.200. The zero-order valence-electron chi connectivity index (χ0n) is 7.65. The number of aromatic nitrogens is 1. The van der Waals surface area contributed by atoms with Crippen molar-refractivity contribution in [2.24, 2.45) is 0 Å². The third kappa shape index (κ3) is 1.48. The van der Waals surface area contributed by atoms with E-state index in [0.29, 0.717) is 5.56 Å². The zero-order chi connectivity index (χ0) is 10.1. The van der Waals surface area contributed by atoms with E-state index >= 15 is 0 Å². The number of benzene rings is 1. The maximum absolute atomic E-state index is 10.7. The Balaban J connectivity index is 2.59. The monoisotopic (exact) mass is 207 g/mol. The molecule has 3 nitrogen and oxygen atoms in total. The van der Waals surface area contributed by atoms with Gasteiger partial charge >= 0.3 is 5.97 Å². The molecular weight excluding hydrogens is 198 g/mol. The summed E-state index contributed by atoms with van der Waals surface area (Å²) in [4.78, 5) is 15.0. The minimum absolute atomic E-state index is 0.297. The number of aryl methyl sites for hydroxylation is 1. The van der Waals surface area contributed by atoms with Crippen LogP contribution in [0.15, 0.2) is 18.2 Å². The zero-order valence-corrected chi connectivity index (χ0v) is 8.47.